The number of benzene rings is 1. The molecule has 1 unspecified atom stereocenters. The van der Waals surface area contributed by atoms with Crippen molar-refractivity contribution in [1.82, 2.24) is 4.98 Å². The van der Waals surface area contributed by atoms with Crippen LogP contribution in [0.1, 0.15) is 29.3 Å². The van der Waals surface area contributed by atoms with Crippen LogP contribution in [-0.2, 0) is 11.2 Å². The van der Waals surface area contributed by atoms with Crippen molar-refractivity contribution in [2.45, 2.75) is 25.2 Å². The van der Waals surface area contributed by atoms with Crippen LogP contribution >= 0.6 is 11.3 Å². The molecule has 1 atom stereocenters. The molecule has 1 aliphatic rings. The number of aryl methyl sites for hydroxylation is 1. The monoisotopic (exact) mass is 295 g/mol. The van der Waals surface area contributed by atoms with Crippen molar-refractivity contribution in [3.63, 3.8) is 0 Å². The van der Waals surface area contributed by atoms with Crippen molar-refractivity contribution >= 4 is 17.3 Å². The molecular weight excluding hydrogens is 284 g/mol. The van der Waals surface area contributed by atoms with Crippen molar-refractivity contribution in [1.29, 1.82) is 0 Å². The van der Waals surface area contributed by atoms with Crippen LogP contribution in [0.15, 0.2) is 18.2 Å². The molecule has 3 nitrogen and oxygen atoms in total. The molecule has 0 radical (unpaired) electrons. The van der Waals surface area contributed by atoms with Crippen LogP contribution in [-0.4, -0.2) is 16.1 Å². The number of halogens is 2. The summed E-state index contributed by atoms with van der Waals surface area (Å²) in [5.41, 5.74) is 0.598. The Morgan fingerprint density at radius 2 is 2.20 bits per heavy atom. The van der Waals surface area contributed by atoms with Crippen molar-refractivity contribution in [3.8, 4) is 10.6 Å². The van der Waals surface area contributed by atoms with Gasteiger partial charge in [0.1, 0.15) is 16.6 Å². The molecule has 0 saturated heterocycles. The molecule has 0 saturated carbocycles. The number of carbonyl (C=O) groups is 1. The van der Waals surface area contributed by atoms with Crippen LogP contribution in [0.25, 0.3) is 10.6 Å². The van der Waals surface area contributed by atoms with Gasteiger partial charge in [0.15, 0.2) is 0 Å². The molecule has 20 heavy (non-hydrogen) atoms. The normalized spacial score (nSPS) is 17.8. The van der Waals surface area contributed by atoms with E-state index in [0.717, 1.165) is 35.9 Å². The fourth-order valence-electron chi connectivity index (χ4n) is 2.44. The predicted octanol–water partition coefficient (Wildman–Crippen LogP) is 3.59. The summed E-state index contributed by atoms with van der Waals surface area (Å²) in [7, 11) is 0. The van der Waals surface area contributed by atoms with Crippen molar-refractivity contribution in [3.05, 3.63) is 40.4 Å². The Morgan fingerprint density at radius 3 is 2.95 bits per heavy atom. The number of carboxylic acid groups (broad SMARTS) is 1. The topological polar surface area (TPSA) is 50.2 Å². The Morgan fingerprint density at radius 1 is 1.40 bits per heavy atom. The lowest BCUT2D eigenvalue weighted by Gasteiger charge is -2.16. The van der Waals surface area contributed by atoms with E-state index >= 15 is 0 Å². The highest BCUT2D eigenvalue weighted by Crippen LogP contribution is 2.39. The van der Waals surface area contributed by atoms with Crippen LogP contribution in [0.5, 0.6) is 0 Å². The number of carboxylic acids is 1. The van der Waals surface area contributed by atoms with E-state index in [2.05, 4.69) is 4.98 Å². The second-order valence-corrected chi connectivity index (χ2v) is 5.82. The molecule has 3 rings (SSSR count). The van der Waals surface area contributed by atoms with Gasteiger partial charge in [0, 0.05) is 10.4 Å². The molecule has 0 spiro atoms. The van der Waals surface area contributed by atoms with Gasteiger partial charge in [-0.2, -0.15) is 0 Å². The summed E-state index contributed by atoms with van der Waals surface area (Å²) >= 11 is 1.25. The second kappa shape index (κ2) is 4.94. The smallest absolute Gasteiger partial charge is 0.312 e. The fourth-order valence-corrected chi connectivity index (χ4v) is 3.62. The lowest BCUT2D eigenvalue weighted by Crippen LogP contribution is -2.17. The first kappa shape index (κ1) is 13.2. The molecule has 1 N–H and O–H groups in total. The lowest BCUT2D eigenvalue weighted by atomic mass is 9.91. The first-order chi connectivity index (χ1) is 9.56. The van der Waals surface area contributed by atoms with Gasteiger partial charge in [0.25, 0.3) is 0 Å². The summed E-state index contributed by atoms with van der Waals surface area (Å²) in [6, 6.07) is 3.20. The average Bonchev–Trinajstić information content (AvgIpc) is 2.84. The second-order valence-electron chi connectivity index (χ2n) is 4.73. The third-order valence-electron chi connectivity index (χ3n) is 3.41. The first-order valence-electron chi connectivity index (χ1n) is 6.24. The zero-order valence-electron chi connectivity index (χ0n) is 10.4. The van der Waals surface area contributed by atoms with Gasteiger partial charge in [0.2, 0.25) is 0 Å². The minimum absolute atomic E-state index is 0.0912. The summed E-state index contributed by atoms with van der Waals surface area (Å²) in [5.74, 6) is -2.64. The van der Waals surface area contributed by atoms with E-state index in [1.807, 2.05) is 0 Å². The quantitative estimate of drug-likeness (QED) is 0.921. The highest BCUT2D eigenvalue weighted by atomic mass is 32.1. The Hall–Kier alpha value is -1.82. The van der Waals surface area contributed by atoms with Gasteiger partial charge in [-0.1, -0.05) is 0 Å². The minimum Gasteiger partial charge on any atom is -0.481 e. The van der Waals surface area contributed by atoms with E-state index in [1.165, 1.54) is 11.3 Å². The highest BCUT2D eigenvalue weighted by molar-refractivity contribution is 7.15. The van der Waals surface area contributed by atoms with E-state index in [4.69, 9.17) is 0 Å². The number of aromatic nitrogens is 1. The zero-order chi connectivity index (χ0) is 14.3. The molecule has 1 aliphatic carbocycles. The Labute approximate surface area is 117 Å². The van der Waals surface area contributed by atoms with Crippen molar-refractivity contribution < 1.29 is 18.7 Å². The van der Waals surface area contributed by atoms with Gasteiger partial charge in [-0.05, 0) is 37.5 Å². The maximum absolute atomic E-state index is 13.8. The number of rotatable bonds is 2. The van der Waals surface area contributed by atoms with Crippen LogP contribution < -0.4 is 0 Å². The molecule has 1 aromatic carbocycles. The number of fused-ring (bicyclic) bond motifs is 1. The standard InChI is InChI=1S/C14H11F2NO2S/c15-7-4-5-10(16)9(6-7)13-17-12-8(14(18)19)2-1-3-11(12)20-13/h4-6,8H,1-3H2,(H,18,19). The Bertz CT molecular complexity index is 684. The number of nitrogens with zero attached hydrogens (tertiary/aromatic N) is 1. The van der Waals surface area contributed by atoms with Gasteiger partial charge in [-0.15, -0.1) is 11.3 Å². The highest BCUT2D eigenvalue weighted by Gasteiger charge is 2.30. The summed E-state index contributed by atoms with van der Waals surface area (Å²) in [6.45, 7) is 0. The van der Waals surface area contributed by atoms with E-state index in [1.54, 1.807) is 0 Å². The van der Waals surface area contributed by atoms with E-state index < -0.39 is 23.5 Å². The first-order valence-corrected chi connectivity index (χ1v) is 7.05. The fraction of sp³-hybridized carbons (Fsp3) is 0.286. The summed E-state index contributed by atoms with van der Waals surface area (Å²) in [4.78, 5) is 16.3. The van der Waals surface area contributed by atoms with Gasteiger partial charge >= 0.3 is 5.97 Å². The Balaban J connectivity index is 2.09. The summed E-state index contributed by atoms with van der Waals surface area (Å²) in [5, 5.41) is 9.54. The van der Waals surface area contributed by atoms with Gasteiger partial charge in [-0.25, -0.2) is 13.8 Å². The molecule has 0 fully saturated rings. The third-order valence-corrected chi connectivity index (χ3v) is 4.58. The minimum atomic E-state index is -0.914. The molecular formula is C14H11F2NO2S. The van der Waals surface area contributed by atoms with Gasteiger partial charge < -0.3 is 5.11 Å². The molecule has 6 heteroatoms. The molecule has 104 valence electrons. The van der Waals surface area contributed by atoms with Gasteiger partial charge in [-0.3, -0.25) is 4.79 Å². The van der Waals surface area contributed by atoms with E-state index in [9.17, 15) is 18.7 Å². The maximum atomic E-state index is 13.8. The van der Waals surface area contributed by atoms with E-state index in [-0.39, 0.29) is 5.56 Å². The Kier molecular flexibility index (Phi) is 3.25. The molecule has 1 aromatic heterocycles. The SMILES string of the molecule is O=C(O)C1CCCc2sc(-c3cc(F)ccc3F)nc21. The maximum Gasteiger partial charge on any atom is 0.312 e. The number of aliphatic carboxylic acids is 1. The average molecular weight is 295 g/mol. The summed E-state index contributed by atoms with van der Waals surface area (Å²) < 4.78 is 27.0. The summed E-state index contributed by atoms with van der Waals surface area (Å²) in [6.07, 6.45) is 2.06. The lowest BCUT2D eigenvalue weighted by molar-refractivity contribution is -0.139. The number of thiazole rings is 1. The van der Waals surface area contributed by atoms with Gasteiger partial charge in [0.05, 0.1) is 11.6 Å². The van der Waals surface area contributed by atoms with E-state index in [0.29, 0.717) is 17.1 Å². The molecule has 1 heterocycles. The van der Waals surface area contributed by atoms with Crippen LogP contribution in [0.4, 0.5) is 8.78 Å². The number of hydrogen-bond acceptors (Lipinski definition) is 3. The molecule has 2 aromatic rings. The molecule has 0 bridgehead atoms. The van der Waals surface area contributed by atoms with Crippen LogP contribution in [0.3, 0.4) is 0 Å². The van der Waals surface area contributed by atoms with Crippen LogP contribution in [0, 0.1) is 11.6 Å². The third kappa shape index (κ3) is 2.20. The predicted molar refractivity (Wildman–Crippen MR) is 70.8 cm³/mol. The van der Waals surface area contributed by atoms with Crippen LogP contribution in [0.2, 0.25) is 0 Å². The van der Waals surface area contributed by atoms with Crippen molar-refractivity contribution in [2.24, 2.45) is 0 Å². The largest absolute Gasteiger partial charge is 0.481 e. The number of hydrogen-bond donors (Lipinski definition) is 1. The molecule has 0 aliphatic heterocycles. The van der Waals surface area contributed by atoms with Crippen molar-refractivity contribution in [2.75, 3.05) is 0 Å². The zero-order valence-corrected chi connectivity index (χ0v) is 11.2. The molecule has 0 amide bonds.